The Morgan fingerprint density at radius 2 is 1.82 bits per heavy atom. The van der Waals surface area contributed by atoms with E-state index in [1.54, 1.807) is 36.8 Å². The molecule has 140 valence electrons. The molecule has 0 aliphatic carbocycles. The quantitative estimate of drug-likeness (QED) is 0.505. The Morgan fingerprint density at radius 1 is 1.04 bits per heavy atom. The van der Waals surface area contributed by atoms with Crippen molar-refractivity contribution < 1.29 is 9.18 Å². The van der Waals surface area contributed by atoms with Crippen molar-refractivity contribution >= 4 is 17.1 Å². The van der Waals surface area contributed by atoms with Crippen molar-refractivity contribution in [2.45, 2.75) is 12.8 Å². The van der Waals surface area contributed by atoms with Crippen LogP contribution in [-0.4, -0.2) is 32.4 Å². The first-order valence-corrected chi connectivity index (χ1v) is 8.98. The van der Waals surface area contributed by atoms with Crippen molar-refractivity contribution in [3.05, 3.63) is 78.0 Å². The van der Waals surface area contributed by atoms with Gasteiger partial charge in [0.25, 0.3) is 5.91 Å². The number of aryl methyl sites for hydroxylation is 1. The SMILES string of the molecule is O=C(NCCCc1ccncc1)c1ccnc2[nH]c(-c3ccc(F)cc3)nc12. The summed E-state index contributed by atoms with van der Waals surface area (Å²) in [6, 6.07) is 11.6. The molecule has 0 fully saturated rings. The fourth-order valence-electron chi connectivity index (χ4n) is 2.98. The zero-order valence-electron chi connectivity index (χ0n) is 15.0. The Labute approximate surface area is 160 Å². The third-order valence-electron chi connectivity index (χ3n) is 4.42. The molecule has 0 spiro atoms. The Bertz CT molecular complexity index is 1090. The lowest BCUT2D eigenvalue weighted by Crippen LogP contribution is -2.25. The number of rotatable bonds is 6. The smallest absolute Gasteiger partial charge is 0.253 e. The van der Waals surface area contributed by atoms with Gasteiger partial charge in [-0.05, 0) is 60.9 Å². The van der Waals surface area contributed by atoms with E-state index in [0.29, 0.717) is 29.1 Å². The molecule has 0 atom stereocenters. The molecular weight excluding hydrogens is 357 g/mol. The van der Waals surface area contributed by atoms with Crippen molar-refractivity contribution in [1.29, 1.82) is 0 Å². The Kier molecular flexibility index (Phi) is 5.05. The maximum Gasteiger partial charge on any atom is 0.253 e. The zero-order chi connectivity index (χ0) is 19.3. The first-order valence-electron chi connectivity index (χ1n) is 8.98. The lowest BCUT2D eigenvalue weighted by molar-refractivity contribution is 0.0954. The summed E-state index contributed by atoms with van der Waals surface area (Å²) in [4.78, 5) is 28.4. The number of H-pyrrole nitrogens is 1. The number of aromatic nitrogens is 4. The molecule has 0 radical (unpaired) electrons. The molecular formula is C21H18FN5O. The topological polar surface area (TPSA) is 83.6 Å². The van der Waals surface area contributed by atoms with Crippen LogP contribution in [0.4, 0.5) is 4.39 Å². The second-order valence-electron chi connectivity index (χ2n) is 6.36. The van der Waals surface area contributed by atoms with Gasteiger partial charge in [-0.1, -0.05) is 0 Å². The summed E-state index contributed by atoms with van der Waals surface area (Å²) in [5.41, 5.74) is 3.38. The summed E-state index contributed by atoms with van der Waals surface area (Å²) in [6.45, 7) is 0.556. The van der Waals surface area contributed by atoms with E-state index in [9.17, 15) is 9.18 Å². The minimum Gasteiger partial charge on any atom is -0.352 e. The number of hydrogen-bond donors (Lipinski definition) is 2. The monoisotopic (exact) mass is 375 g/mol. The van der Waals surface area contributed by atoms with Crippen LogP contribution in [0.3, 0.4) is 0 Å². The zero-order valence-corrected chi connectivity index (χ0v) is 15.0. The molecule has 1 amide bonds. The molecule has 3 heterocycles. The van der Waals surface area contributed by atoms with Gasteiger partial charge < -0.3 is 10.3 Å². The summed E-state index contributed by atoms with van der Waals surface area (Å²) >= 11 is 0. The molecule has 4 aromatic rings. The summed E-state index contributed by atoms with van der Waals surface area (Å²) in [5.74, 6) is 0.0320. The van der Waals surface area contributed by atoms with Crippen molar-refractivity contribution in [2.75, 3.05) is 6.54 Å². The van der Waals surface area contributed by atoms with E-state index in [4.69, 9.17) is 0 Å². The van der Waals surface area contributed by atoms with Crippen LogP contribution >= 0.6 is 0 Å². The standard InChI is InChI=1S/C21H18FN5O/c22-16-5-3-15(4-6-16)19-26-18-17(9-13-24-20(18)27-19)21(28)25-10-1-2-14-7-11-23-12-8-14/h3-9,11-13H,1-2,10H2,(H,25,28)(H,24,26,27). The molecule has 0 saturated carbocycles. The number of imidazole rings is 1. The van der Waals surface area contributed by atoms with Crippen molar-refractivity contribution in [1.82, 2.24) is 25.3 Å². The minimum absolute atomic E-state index is 0.195. The van der Waals surface area contributed by atoms with Gasteiger partial charge in [0.2, 0.25) is 0 Å². The Balaban J connectivity index is 1.47. The summed E-state index contributed by atoms with van der Waals surface area (Å²) in [6.07, 6.45) is 6.79. The third kappa shape index (κ3) is 3.88. The van der Waals surface area contributed by atoms with E-state index in [1.807, 2.05) is 12.1 Å². The minimum atomic E-state index is -0.315. The largest absolute Gasteiger partial charge is 0.352 e. The molecule has 0 aliphatic rings. The van der Waals surface area contributed by atoms with Gasteiger partial charge >= 0.3 is 0 Å². The number of fused-ring (bicyclic) bond motifs is 1. The van der Waals surface area contributed by atoms with E-state index in [-0.39, 0.29) is 11.7 Å². The number of carbonyl (C=O) groups is 1. The van der Waals surface area contributed by atoms with Crippen molar-refractivity contribution in [3.8, 4) is 11.4 Å². The second kappa shape index (κ2) is 7.96. The Hall–Kier alpha value is -3.61. The number of benzene rings is 1. The maximum absolute atomic E-state index is 13.1. The predicted molar refractivity (Wildman–Crippen MR) is 104 cm³/mol. The first-order chi connectivity index (χ1) is 13.7. The van der Waals surface area contributed by atoms with Crippen LogP contribution in [0, 0.1) is 5.82 Å². The van der Waals surface area contributed by atoms with Gasteiger partial charge in [-0.25, -0.2) is 14.4 Å². The van der Waals surface area contributed by atoms with Gasteiger partial charge in [0.05, 0.1) is 5.56 Å². The molecule has 6 nitrogen and oxygen atoms in total. The molecule has 4 rings (SSSR count). The van der Waals surface area contributed by atoms with Gasteiger partial charge in [0, 0.05) is 30.7 Å². The van der Waals surface area contributed by atoms with E-state index < -0.39 is 0 Å². The molecule has 28 heavy (non-hydrogen) atoms. The first kappa shape index (κ1) is 17.8. The highest BCUT2D eigenvalue weighted by Gasteiger charge is 2.15. The highest BCUT2D eigenvalue weighted by atomic mass is 19.1. The highest BCUT2D eigenvalue weighted by Crippen LogP contribution is 2.21. The van der Waals surface area contributed by atoms with Gasteiger partial charge in [-0.2, -0.15) is 0 Å². The van der Waals surface area contributed by atoms with E-state index >= 15 is 0 Å². The molecule has 7 heteroatoms. The predicted octanol–water partition coefficient (Wildman–Crippen LogP) is 3.52. The number of aromatic amines is 1. The van der Waals surface area contributed by atoms with E-state index in [0.717, 1.165) is 18.4 Å². The number of amides is 1. The molecule has 3 aromatic heterocycles. The van der Waals surface area contributed by atoms with Gasteiger partial charge in [-0.15, -0.1) is 0 Å². The number of nitrogens with zero attached hydrogens (tertiary/aromatic N) is 3. The molecule has 0 saturated heterocycles. The molecule has 2 N–H and O–H groups in total. The molecule has 0 aliphatic heterocycles. The molecule has 0 unspecified atom stereocenters. The third-order valence-corrected chi connectivity index (χ3v) is 4.42. The lowest BCUT2D eigenvalue weighted by Gasteiger charge is -2.05. The van der Waals surface area contributed by atoms with Crippen molar-refractivity contribution in [2.24, 2.45) is 0 Å². The second-order valence-corrected chi connectivity index (χ2v) is 6.36. The fourth-order valence-corrected chi connectivity index (χ4v) is 2.98. The highest BCUT2D eigenvalue weighted by molar-refractivity contribution is 6.04. The van der Waals surface area contributed by atoms with E-state index in [1.165, 1.54) is 17.7 Å². The summed E-state index contributed by atoms with van der Waals surface area (Å²) in [7, 11) is 0. The number of pyridine rings is 2. The number of hydrogen-bond acceptors (Lipinski definition) is 4. The average Bonchev–Trinajstić information content (AvgIpc) is 3.16. The average molecular weight is 375 g/mol. The van der Waals surface area contributed by atoms with Crippen molar-refractivity contribution in [3.63, 3.8) is 0 Å². The number of carbonyl (C=O) groups excluding carboxylic acids is 1. The van der Waals surface area contributed by atoms with Crippen LogP contribution in [0.15, 0.2) is 61.1 Å². The van der Waals surface area contributed by atoms with E-state index in [2.05, 4.69) is 25.3 Å². The van der Waals surface area contributed by atoms with Crippen LogP contribution in [0.2, 0.25) is 0 Å². The van der Waals surface area contributed by atoms with Crippen LogP contribution < -0.4 is 5.32 Å². The molecule has 0 bridgehead atoms. The number of nitrogens with one attached hydrogen (secondary N) is 2. The number of halogens is 1. The maximum atomic E-state index is 13.1. The Morgan fingerprint density at radius 3 is 2.61 bits per heavy atom. The normalized spacial score (nSPS) is 10.9. The van der Waals surface area contributed by atoms with Gasteiger partial charge in [0.1, 0.15) is 17.2 Å². The van der Waals surface area contributed by atoms with Crippen LogP contribution in [0.5, 0.6) is 0 Å². The van der Waals surface area contributed by atoms with Crippen LogP contribution in [0.25, 0.3) is 22.6 Å². The van der Waals surface area contributed by atoms with Gasteiger partial charge in [0.15, 0.2) is 5.65 Å². The lowest BCUT2D eigenvalue weighted by atomic mass is 10.1. The van der Waals surface area contributed by atoms with Crippen LogP contribution in [-0.2, 0) is 6.42 Å². The van der Waals surface area contributed by atoms with Crippen LogP contribution in [0.1, 0.15) is 22.3 Å². The fraction of sp³-hybridized carbons (Fsp3) is 0.143. The summed E-state index contributed by atoms with van der Waals surface area (Å²) in [5, 5.41) is 2.93. The molecule has 1 aromatic carbocycles. The summed E-state index contributed by atoms with van der Waals surface area (Å²) < 4.78 is 13.1. The van der Waals surface area contributed by atoms with Gasteiger partial charge in [-0.3, -0.25) is 9.78 Å².